The highest BCUT2D eigenvalue weighted by atomic mass is 35.5. The Hall–Kier alpha value is -0.490. The maximum atomic E-state index is 5.84. The van der Waals surface area contributed by atoms with Crippen LogP contribution in [0.25, 0.3) is 0 Å². The average molecular weight is 319 g/mol. The molecule has 6 heteroatoms. The van der Waals surface area contributed by atoms with Crippen LogP contribution < -0.4 is 15.5 Å². The van der Waals surface area contributed by atoms with Gasteiger partial charge in [-0.05, 0) is 36.5 Å². The molecule has 0 aliphatic carbocycles. The first-order valence-corrected chi connectivity index (χ1v) is 8.04. The van der Waals surface area contributed by atoms with Gasteiger partial charge in [-0.2, -0.15) is 0 Å². The first kappa shape index (κ1) is 16.6. The van der Waals surface area contributed by atoms with Gasteiger partial charge in [-0.1, -0.05) is 11.6 Å². The van der Waals surface area contributed by atoms with Crippen molar-refractivity contribution in [1.29, 1.82) is 0 Å². The van der Waals surface area contributed by atoms with E-state index in [0.717, 1.165) is 35.5 Å². The molecule has 0 atom stereocenters. The summed E-state index contributed by atoms with van der Waals surface area (Å²) in [5.74, 6) is 0.975. The summed E-state index contributed by atoms with van der Waals surface area (Å²) >= 11 is 12.8. The summed E-state index contributed by atoms with van der Waals surface area (Å²) in [7, 11) is 4.25. The van der Waals surface area contributed by atoms with E-state index in [2.05, 4.69) is 24.7 Å². The fraction of sp³-hybridized carbons (Fsp3) is 0.462. The monoisotopic (exact) mass is 318 g/mol. The van der Waals surface area contributed by atoms with E-state index in [4.69, 9.17) is 23.8 Å². The molecule has 3 N–H and O–H groups in total. The van der Waals surface area contributed by atoms with Crippen molar-refractivity contribution in [3.63, 3.8) is 0 Å². The lowest BCUT2D eigenvalue weighted by atomic mass is 10.4. The molecule has 0 unspecified atom stereocenters. The maximum Gasteiger partial charge on any atom is 0.166 e. The van der Waals surface area contributed by atoms with Gasteiger partial charge in [0.1, 0.15) is 0 Å². The zero-order valence-electron chi connectivity index (χ0n) is 11.3. The number of benzene rings is 1. The van der Waals surface area contributed by atoms with Crippen LogP contribution in [0.5, 0.6) is 0 Å². The molecular weight excluding hydrogens is 298 g/mol. The molecule has 0 radical (unpaired) electrons. The van der Waals surface area contributed by atoms with E-state index < -0.39 is 0 Å². The highest BCUT2D eigenvalue weighted by molar-refractivity contribution is 7.99. The second kappa shape index (κ2) is 9.42. The normalized spacial score (nSPS) is 10.5. The van der Waals surface area contributed by atoms with Gasteiger partial charge in [-0.3, -0.25) is 0 Å². The Balaban J connectivity index is 2.07. The Morgan fingerprint density at radius 2 is 1.84 bits per heavy atom. The molecule has 0 aliphatic heterocycles. The van der Waals surface area contributed by atoms with Gasteiger partial charge in [0.05, 0.1) is 27.2 Å². The van der Waals surface area contributed by atoms with Gasteiger partial charge in [0, 0.05) is 22.2 Å². The summed E-state index contributed by atoms with van der Waals surface area (Å²) in [5.41, 5.74) is 0. The molecule has 0 heterocycles. The lowest BCUT2D eigenvalue weighted by molar-refractivity contribution is -0.856. The van der Waals surface area contributed by atoms with Gasteiger partial charge in [0.2, 0.25) is 0 Å². The fourth-order valence-electron chi connectivity index (χ4n) is 1.35. The predicted octanol–water partition coefficient (Wildman–Crippen LogP) is 1.04. The SMILES string of the molecule is C[NH+](C)CCNC(=S)NCCSc1ccc(Cl)cc1. The summed E-state index contributed by atoms with van der Waals surface area (Å²) in [4.78, 5) is 2.63. The summed E-state index contributed by atoms with van der Waals surface area (Å²) < 4.78 is 0. The van der Waals surface area contributed by atoms with Gasteiger partial charge in [0.25, 0.3) is 0 Å². The number of thiocarbonyl (C=S) groups is 1. The van der Waals surface area contributed by atoms with Gasteiger partial charge in [-0.15, -0.1) is 11.8 Å². The van der Waals surface area contributed by atoms with Gasteiger partial charge >= 0.3 is 0 Å². The van der Waals surface area contributed by atoms with E-state index in [1.54, 1.807) is 11.8 Å². The van der Waals surface area contributed by atoms with Crippen LogP contribution in [-0.4, -0.2) is 44.6 Å². The summed E-state index contributed by atoms with van der Waals surface area (Å²) in [6.45, 7) is 2.81. The molecule has 0 bridgehead atoms. The minimum atomic E-state index is 0.734. The van der Waals surface area contributed by atoms with Crippen LogP contribution in [0.15, 0.2) is 29.2 Å². The predicted molar refractivity (Wildman–Crippen MR) is 88.5 cm³/mol. The average Bonchev–Trinajstić information content (AvgIpc) is 2.36. The molecule has 0 spiro atoms. The molecule has 0 aliphatic rings. The Labute approximate surface area is 130 Å². The van der Waals surface area contributed by atoms with E-state index in [-0.39, 0.29) is 0 Å². The van der Waals surface area contributed by atoms with E-state index in [0.29, 0.717) is 0 Å². The molecule has 0 fully saturated rings. The molecule has 0 saturated heterocycles. The largest absolute Gasteiger partial charge is 0.362 e. The van der Waals surface area contributed by atoms with Crippen molar-refractivity contribution in [2.75, 3.05) is 39.5 Å². The third-order valence-electron chi connectivity index (χ3n) is 2.38. The minimum Gasteiger partial charge on any atom is -0.362 e. The molecule has 3 nitrogen and oxygen atoms in total. The summed E-state index contributed by atoms with van der Waals surface area (Å²) in [6, 6.07) is 7.88. The third kappa shape index (κ3) is 8.31. The van der Waals surface area contributed by atoms with Crippen LogP contribution in [-0.2, 0) is 0 Å². The smallest absolute Gasteiger partial charge is 0.166 e. The minimum absolute atomic E-state index is 0.734. The van der Waals surface area contributed by atoms with Crippen molar-refractivity contribution in [2.24, 2.45) is 0 Å². The fourth-order valence-corrected chi connectivity index (χ4v) is 2.45. The number of quaternary nitrogens is 1. The molecule has 1 aromatic rings. The first-order chi connectivity index (χ1) is 9.08. The third-order valence-corrected chi connectivity index (χ3v) is 3.93. The Kier molecular flexibility index (Phi) is 8.21. The van der Waals surface area contributed by atoms with Gasteiger partial charge < -0.3 is 15.5 Å². The standard InChI is InChI=1S/C13H20ClN3S2/c1-17(2)9-7-15-13(18)16-8-10-19-12-5-3-11(14)4-6-12/h3-6H,7-10H2,1-2H3,(H2,15,16,18)/p+1. The number of hydrogen-bond donors (Lipinski definition) is 3. The number of nitrogens with one attached hydrogen (secondary N) is 3. The Morgan fingerprint density at radius 1 is 1.21 bits per heavy atom. The molecule has 0 amide bonds. The van der Waals surface area contributed by atoms with Gasteiger partial charge in [-0.25, -0.2) is 0 Å². The van der Waals surface area contributed by atoms with Crippen LogP contribution >= 0.6 is 35.6 Å². The zero-order valence-corrected chi connectivity index (χ0v) is 13.7. The molecule has 0 saturated carbocycles. The van der Waals surface area contributed by atoms with E-state index in [1.165, 1.54) is 9.80 Å². The Bertz CT molecular complexity index is 382. The number of likely N-dealkylation sites (N-methyl/N-ethyl adjacent to an activating group) is 1. The number of hydrogen-bond acceptors (Lipinski definition) is 2. The van der Waals surface area contributed by atoms with Crippen molar-refractivity contribution in [3.05, 3.63) is 29.3 Å². The van der Waals surface area contributed by atoms with Crippen LogP contribution in [0, 0.1) is 0 Å². The molecular formula is C13H21ClN3S2+. The second-order valence-corrected chi connectivity index (χ2v) is 6.46. The van der Waals surface area contributed by atoms with Crippen molar-refractivity contribution in [3.8, 4) is 0 Å². The van der Waals surface area contributed by atoms with E-state index >= 15 is 0 Å². The lowest BCUT2D eigenvalue weighted by Crippen LogP contribution is -3.06. The van der Waals surface area contributed by atoms with Crippen LogP contribution in [0.2, 0.25) is 5.02 Å². The van der Waals surface area contributed by atoms with Crippen LogP contribution in [0.4, 0.5) is 0 Å². The lowest BCUT2D eigenvalue weighted by Gasteiger charge is -2.11. The van der Waals surface area contributed by atoms with E-state index in [1.807, 2.05) is 24.3 Å². The maximum absolute atomic E-state index is 5.84. The molecule has 0 aromatic heterocycles. The zero-order chi connectivity index (χ0) is 14.1. The van der Waals surface area contributed by atoms with Crippen molar-refractivity contribution >= 4 is 40.7 Å². The van der Waals surface area contributed by atoms with Gasteiger partial charge in [0.15, 0.2) is 5.11 Å². The first-order valence-electron chi connectivity index (χ1n) is 6.27. The van der Waals surface area contributed by atoms with Crippen LogP contribution in [0.1, 0.15) is 0 Å². The highest BCUT2D eigenvalue weighted by Crippen LogP contribution is 2.19. The van der Waals surface area contributed by atoms with E-state index in [9.17, 15) is 0 Å². The number of rotatable bonds is 7. The quantitative estimate of drug-likeness (QED) is 0.398. The van der Waals surface area contributed by atoms with Crippen LogP contribution in [0.3, 0.4) is 0 Å². The summed E-state index contributed by atoms with van der Waals surface area (Å²) in [6.07, 6.45) is 0. The molecule has 1 aromatic carbocycles. The summed E-state index contributed by atoms with van der Waals surface area (Å²) in [5, 5.41) is 7.90. The Morgan fingerprint density at radius 3 is 2.47 bits per heavy atom. The van der Waals surface area contributed by atoms with Crippen molar-refractivity contribution < 1.29 is 4.90 Å². The topological polar surface area (TPSA) is 28.5 Å². The molecule has 106 valence electrons. The number of halogens is 1. The van der Waals surface area contributed by atoms with Crippen molar-refractivity contribution in [2.45, 2.75) is 4.90 Å². The highest BCUT2D eigenvalue weighted by Gasteiger charge is 1.98. The molecule has 19 heavy (non-hydrogen) atoms. The second-order valence-electron chi connectivity index (χ2n) is 4.44. The molecule has 1 rings (SSSR count). The van der Waals surface area contributed by atoms with Crippen molar-refractivity contribution in [1.82, 2.24) is 10.6 Å². The number of thioether (sulfide) groups is 1.